The lowest BCUT2D eigenvalue weighted by atomic mass is 9.95. The van der Waals surface area contributed by atoms with Crippen LogP contribution in [-0.2, 0) is 14.9 Å². The second kappa shape index (κ2) is 9.36. The number of amides is 1. The molecule has 0 aromatic heterocycles. The molecular formula is C18H27FN4O2. The Kier molecular flexibility index (Phi) is 7.18. The van der Waals surface area contributed by atoms with Gasteiger partial charge in [-0.2, -0.15) is 0 Å². The molecule has 0 bridgehead atoms. The van der Waals surface area contributed by atoms with Crippen molar-refractivity contribution in [2.45, 2.75) is 25.2 Å². The highest BCUT2D eigenvalue weighted by Gasteiger charge is 2.45. The van der Waals surface area contributed by atoms with Gasteiger partial charge in [-0.1, -0.05) is 18.2 Å². The van der Waals surface area contributed by atoms with Gasteiger partial charge in [-0.05, 0) is 31.4 Å². The highest BCUT2D eigenvalue weighted by Crippen LogP contribution is 2.48. The zero-order chi connectivity index (χ0) is 18.1. The Labute approximate surface area is 148 Å². The Morgan fingerprint density at radius 3 is 2.68 bits per heavy atom. The molecule has 1 saturated carbocycles. The van der Waals surface area contributed by atoms with Crippen LogP contribution in [0, 0.1) is 5.82 Å². The van der Waals surface area contributed by atoms with Gasteiger partial charge in [-0.25, -0.2) is 9.38 Å². The van der Waals surface area contributed by atoms with Gasteiger partial charge in [0.2, 0.25) is 5.91 Å². The third kappa shape index (κ3) is 5.70. The number of nitrogens with zero attached hydrogens (tertiary/aromatic N) is 1. The number of benzene rings is 1. The number of hydrogen-bond acceptors (Lipinski definition) is 3. The number of guanidine groups is 1. The van der Waals surface area contributed by atoms with Crippen LogP contribution in [0.3, 0.4) is 0 Å². The summed E-state index contributed by atoms with van der Waals surface area (Å²) >= 11 is 0. The molecule has 2 rings (SSSR count). The molecule has 6 nitrogen and oxygen atoms in total. The van der Waals surface area contributed by atoms with E-state index in [0.29, 0.717) is 32.2 Å². The predicted molar refractivity (Wildman–Crippen MR) is 96.2 cm³/mol. The summed E-state index contributed by atoms with van der Waals surface area (Å²) in [4.78, 5) is 16.0. The van der Waals surface area contributed by atoms with E-state index >= 15 is 0 Å². The highest BCUT2D eigenvalue weighted by molar-refractivity contribution is 5.85. The first-order valence-electron chi connectivity index (χ1n) is 8.64. The van der Waals surface area contributed by atoms with E-state index in [0.717, 1.165) is 18.4 Å². The van der Waals surface area contributed by atoms with Gasteiger partial charge in [0.05, 0.1) is 6.61 Å². The molecule has 3 N–H and O–H groups in total. The minimum absolute atomic E-state index is 0.0335. The summed E-state index contributed by atoms with van der Waals surface area (Å²) < 4.78 is 18.9. The van der Waals surface area contributed by atoms with Crippen LogP contribution in [0.5, 0.6) is 0 Å². The normalized spacial score (nSPS) is 15.6. The summed E-state index contributed by atoms with van der Waals surface area (Å²) in [7, 11) is 1.58. The van der Waals surface area contributed by atoms with Crippen molar-refractivity contribution >= 4 is 11.9 Å². The fraction of sp³-hybridized carbons (Fsp3) is 0.556. The first-order chi connectivity index (χ1) is 12.1. The molecule has 0 atom stereocenters. The van der Waals surface area contributed by atoms with Crippen molar-refractivity contribution in [2.24, 2.45) is 4.99 Å². The fourth-order valence-corrected chi connectivity index (χ4v) is 2.68. The molecule has 1 amide bonds. The molecule has 0 saturated heterocycles. The number of nitrogens with one attached hydrogen (secondary N) is 3. The Morgan fingerprint density at radius 1 is 1.28 bits per heavy atom. The summed E-state index contributed by atoms with van der Waals surface area (Å²) in [6.45, 7) is 4.20. The molecule has 0 heterocycles. The van der Waals surface area contributed by atoms with E-state index in [1.165, 1.54) is 6.07 Å². The van der Waals surface area contributed by atoms with Crippen molar-refractivity contribution in [3.8, 4) is 0 Å². The number of ether oxygens (including phenoxy) is 1. The van der Waals surface area contributed by atoms with Crippen LogP contribution < -0.4 is 16.0 Å². The second-order valence-electron chi connectivity index (χ2n) is 6.15. The van der Waals surface area contributed by atoms with Crippen LogP contribution >= 0.6 is 0 Å². The fourth-order valence-electron chi connectivity index (χ4n) is 2.68. The van der Waals surface area contributed by atoms with Crippen LogP contribution in [-0.4, -0.2) is 51.8 Å². The standard InChI is InChI=1S/C18H27FN4O2/c1-3-20-17(22-12-16(24)21-10-11-25-2)23-13-18(8-9-18)14-6-4-5-7-15(14)19/h4-7H,3,8-13H2,1-2H3,(H,21,24)(H2,20,22,23). The van der Waals surface area contributed by atoms with Crippen molar-refractivity contribution in [1.82, 2.24) is 16.0 Å². The number of aliphatic imine (C=N–C) groups is 1. The van der Waals surface area contributed by atoms with Crippen LogP contribution in [0.4, 0.5) is 4.39 Å². The van der Waals surface area contributed by atoms with Crippen LogP contribution in [0.1, 0.15) is 25.3 Å². The van der Waals surface area contributed by atoms with Gasteiger partial charge in [0.1, 0.15) is 12.4 Å². The van der Waals surface area contributed by atoms with E-state index in [1.54, 1.807) is 13.2 Å². The maximum absolute atomic E-state index is 14.1. The Balaban J connectivity index is 1.90. The average Bonchev–Trinajstić information content (AvgIpc) is 3.39. The maximum Gasteiger partial charge on any atom is 0.241 e. The van der Waals surface area contributed by atoms with E-state index in [4.69, 9.17) is 4.74 Å². The molecule has 0 radical (unpaired) electrons. The van der Waals surface area contributed by atoms with Crippen LogP contribution in [0.2, 0.25) is 0 Å². The molecule has 25 heavy (non-hydrogen) atoms. The van der Waals surface area contributed by atoms with Gasteiger partial charge in [0.25, 0.3) is 0 Å². The molecule has 138 valence electrons. The monoisotopic (exact) mass is 350 g/mol. The van der Waals surface area contributed by atoms with Crippen molar-refractivity contribution in [3.05, 3.63) is 35.6 Å². The molecular weight excluding hydrogens is 323 g/mol. The van der Waals surface area contributed by atoms with Gasteiger partial charge in [-0.3, -0.25) is 4.79 Å². The molecule has 0 unspecified atom stereocenters. The van der Waals surface area contributed by atoms with Gasteiger partial charge in [-0.15, -0.1) is 0 Å². The number of rotatable bonds is 9. The number of methoxy groups -OCH3 is 1. The highest BCUT2D eigenvalue weighted by atomic mass is 19.1. The lowest BCUT2D eigenvalue weighted by molar-refractivity contribution is -0.119. The van der Waals surface area contributed by atoms with E-state index in [-0.39, 0.29) is 23.7 Å². The van der Waals surface area contributed by atoms with Crippen molar-refractivity contribution in [1.29, 1.82) is 0 Å². The van der Waals surface area contributed by atoms with Gasteiger partial charge >= 0.3 is 0 Å². The van der Waals surface area contributed by atoms with Crippen molar-refractivity contribution < 1.29 is 13.9 Å². The predicted octanol–water partition coefficient (Wildman–Crippen LogP) is 1.18. The summed E-state index contributed by atoms with van der Waals surface area (Å²) in [5.41, 5.74) is 0.568. The van der Waals surface area contributed by atoms with E-state index in [9.17, 15) is 9.18 Å². The molecule has 1 aliphatic carbocycles. The molecule has 1 aliphatic rings. The molecule has 7 heteroatoms. The number of hydrogen-bond donors (Lipinski definition) is 3. The Hall–Kier alpha value is -2.15. The number of halogens is 1. The average molecular weight is 350 g/mol. The minimum Gasteiger partial charge on any atom is -0.383 e. The lowest BCUT2D eigenvalue weighted by Crippen LogP contribution is -2.42. The molecule has 1 aromatic rings. The first kappa shape index (κ1) is 19.2. The van der Waals surface area contributed by atoms with Gasteiger partial charge in [0, 0.05) is 32.2 Å². The third-order valence-electron chi connectivity index (χ3n) is 4.25. The van der Waals surface area contributed by atoms with Gasteiger partial charge < -0.3 is 20.7 Å². The third-order valence-corrected chi connectivity index (χ3v) is 4.25. The first-order valence-corrected chi connectivity index (χ1v) is 8.64. The van der Waals surface area contributed by atoms with Crippen molar-refractivity contribution in [3.63, 3.8) is 0 Å². The zero-order valence-electron chi connectivity index (χ0n) is 14.9. The Morgan fingerprint density at radius 2 is 2.04 bits per heavy atom. The number of carbonyl (C=O) groups is 1. The van der Waals surface area contributed by atoms with E-state index < -0.39 is 0 Å². The molecule has 1 fully saturated rings. The second-order valence-corrected chi connectivity index (χ2v) is 6.15. The summed E-state index contributed by atoms with van der Waals surface area (Å²) in [5, 5.41) is 9.07. The lowest BCUT2D eigenvalue weighted by Gasteiger charge is -2.19. The SMILES string of the molecule is CCNC(=NCC(=O)NCCOC)NCC1(c2ccccc2F)CC1. The van der Waals surface area contributed by atoms with E-state index in [1.807, 2.05) is 19.1 Å². The Bertz CT molecular complexity index is 602. The zero-order valence-corrected chi connectivity index (χ0v) is 14.9. The summed E-state index contributed by atoms with van der Waals surface area (Å²) in [6.07, 6.45) is 1.88. The maximum atomic E-state index is 14.1. The summed E-state index contributed by atoms with van der Waals surface area (Å²) in [5.74, 6) is 0.234. The number of carbonyl (C=O) groups excluding carboxylic acids is 1. The van der Waals surface area contributed by atoms with Crippen molar-refractivity contribution in [2.75, 3.05) is 39.9 Å². The van der Waals surface area contributed by atoms with E-state index in [2.05, 4.69) is 20.9 Å². The molecule has 1 aromatic carbocycles. The van der Waals surface area contributed by atoms with Gasteiger partial charge in [0.15, 0.2) is 5.96 Å². The minimum atomic E-state index is -0.178. The summed E-state index contributed by atoms with van der Waals surface area (Å²) in [6, 6.07) is 6.91. The topological polar surface area (TPSA) is 74.8 Å². The quantitative estimate of drug-likeness (QED) is 0.355. The largest absolute Gasteiger partial charge is 0.383 e. The van der Waals surface area contributed by atoms with Crippen LogP contribution in [0.25, 0.3) is 0 Å². The molecule has 0 aliphatic heterocycles. The molecule has 0 spiro atoms. The smallest absolute Gasteiger partial charge is 0.241 e. The van der Waals surface area contributed by atoms with Crippen LogP contribution in [0.15, 0.2) is 29.3 Å².